The van der Waals surface area contributed by atoms with Crippen molar-refractivity contribution in [3.63, 3.8) is 0 Å². The summed E-state index contributed by atoms with van der Waals surface area (Å²) in [5, 5.41) is 1.49. The van der Waals surface area contributed by atoms with Crippen molar-refractivity contribution >= 4 is 29.0 Å². The zero-order chi connectivity index (χ0) is 17.7. The van der Waals surface area contributed by atoms with Gasteiger partial charge in [0.15, 0.2) is 0 Å². The summed E-state index contributed by atoms with van der Waals surface area (Å²) in [5.41, 5.74) is 1.19. The zero-order valence-electron chi connectivity index (χ0n) is 14.8. The highest BCUT2D eigenvalue weighted by Gasteiger charge is 2.55. The third-order valence-corrected chi connectivity index (χ3v) is 7.33. The number of hydrogen-bond acceptors (Lipinski definition) is 3. The molecule has 1 spiro atoms. The molecule has 138 valence electrons. The molecule has 0 N–H and O–H groups in total. The number of rotatable bonds is 1. The Morgan fingerprint density at radius 3 is 2.69 bits per heavy atom. The number of amidine groups is 1. The number of aliphatic imine (C=N–C) groups is 1. The molecule has 2 aliphatic heterocycles. The second-order valence-corrected chi connectivity index (χ2v) is 8.84. The Morgan fingerprint density at radius 2 is 1.96 bits per heavy atom. The lowest BCUT2D eigenvalue weighted by Crippen LogP contribution is -2.49. The summed E-state index contributed by atoms with van der Waals surface area (Å²) in [6, 6.07) is 6.00. The number of ether oxygens (including phenoxy) is 1. The Balaban J connectivity index is 1.57. The van der Waals surface area contributed by atoms with Crippen LogP contribution < -0.4 is 0 Å². The maximum absolute atomic E-state index is 6.66. The van der Waals surface area contributed by atoms with E-state index in [0.29, 0.717) is 22.8 Å². The van der Waals surface area contributed by atoms with Crippen molar-refractivity contribution in [2.75, 3.05) is 26.3 Å². The normalized spacial score (nSPS) is 36.0. The van der Waals surface area contributed by atoms with Crippen LogP contribution in [0.25, 0.3) is 0 Å². The van der Waals surface area contributed by atoms with Crippen LogP contribution in [-0.4, -0.2) is 42.6 Å². The van der Waals surface area contributed by atoms with Crippen LogP contribution in [0.15, 0.2) is 35.3 Å². The van der Waals surface area contributed by atoms with Crippen LogP contribution in [0.1, 0.15) is 37.2 Å². The number of benzene rings is 1. The fourth-order valence-corrected chi connectivity index (χ4v) is 6.12. The molecule has 0 aromatic heterocycles. The van der Waals surface area contributed by atoms with E-state index in [-0.39, 0.29) is 5.54 Å². The van der Waals surface area contributed by atoms with Gasteiger partial charge in [-0.3, -0.25) is 4.99 Å². The highest BCUT2D eigenvalue weighted by molar-refractivity contribution is 6.35. The van der Waals surface area contributed by atoms with Crippen LogP contribution in [-0.2, 0) is 4.74 Å². The summed E-state index contributed by atoms with van der Waals surface area (Å²) >= 11 is 12.8. The summed E-state index contributed by atoms with van der Waals surface area (Å²) < 4.78 is 5.53. The average molecular weight is 391 g/mol. The van der Waals surface area contributed by atoms with Gasteiger partial charge in [0.05, 0.1) is 24.6 Å². The lowest BCUT2D eigenvalue weighted by Gasteiger charge is -2.51. The van der Waals surface area contributed by atoms with E-state index in [1.54, 1.807) is 0 Å². The molecule has 2 heterocycles. The summed E-state index contributed by atoms with van der Waals surface area (Å²) in [6.07, 6.45) is 9.50. The van der Waals surface area contributed by atoms with Crippen molar-refractivity contribution in [2.45, 2.75) is 37.1 Å². The number of nitrogens with zero attached hydrogens (tertiary/aromatic N) is 2. The summed E-state index contributed by atoms with van der Waals surface area (Å²) in [6.45, 7) is 3.55. The maximum atomic E-state index is 6.66. The quantitative estimate of drug-likeness (QED) is 0.634. The number of allylic oxidation sites excluding steroid dienone is 1. The molecule has 1 saturated heterocycles. The van der Waals surface area contributed by atoms with Crippen molar-refractivity contribution in [3.8, 4) is 0 Å². The van der Waals surface area contributed by atoms with E-state index >= 15 is 0 Å². The van der Waals surface area contributed by atoms with Gasteiger partial charge in [-0.15, -0.1) is 0 Å². The summed E-state index contributed by atoms with van der Waals surface area (Å²) in [5.74, 6) is 2.67. The molecule has 4 atom stereocenters. The fourth-order valence-electron chi connectivity index (χ4n) is 5.60. The van der Waals surface area contributed by atoms with Crippen molar-refractivity contribution < 1.29 is 4.74 Å². The predicted molar refractivity (Wildman–Crippen MR) is 106 cm³/mol. The molecule has 3 aliphatic carbocycles. The van der Waals surface area contributed by atoms with Gasteiger partial charge in [-0.05, 0) is 42.9 Å². The maximum Gasteiger partial charge on any atom is 0.0998 e. The van der Waals surface area contributed by atoms with Gasteiger partial charge in [-0.25, -0.2) is 0 Å². The minimum atomic E-state index is -0.0389. The summed E-state index contributed by atoms with van der Waals surface area (Å²) in [7, 11) is 0. The lowest BCUT2D eigenvalue weighted by atomic mass is 9.55. The van der Waals surface area contributed by atoms with E-state index in [4.69, 9.17) is 32.9 Å². The van der Waals surface area contributed by atoms with Crippen LogP contribution >= 0.6 is 23.2 Å². The third kappa shape index (κ3) is 2.63. The van der Waals surface area contributed by atoms with Gasteiger partial charge in [-0.1, -0.05) is 41.4 Å². The first-order chi connectivity index (χ1) is 12.7. The molecular weight excluding hydrogens is 367 g/mol. The fraction of sp³-hybridized carbons (Fsp3) is 0.571. The molecule has 1 aromatic carbocycles. The van der Waals surface area contributed by atoms with Gasteiger partial charge in [-0.2, -0.15) is 0 Å². The smallest absolute Gasteiger partial charge is 0.0998 e. The topological polar surface area (TPSA) is 24.8 Å². The minimum absolute atomic E-state index is 0.0389. The largest absolute Gasteiger partial charge is 0.378 e. The first-order valence-electron chi connectivity index (χ1n) is 9.72. The molecule has 6 rings (SSSR count). The van der Waals surface area contributed by atoms with Crippen LogP contribution in [0.2, 0.25) is 10.0 Å². The van der Waals surface area contributed by atoms with Crippen LogP contribution in [0.4, 0.5) is 0 Å². The highest BCUT2D eigenvalue weighted by atomic mass is 35.5. The second kappa shape index (κ2) is 6.54. The van der Waals surface area contributed by atoms with Crippen LogP contribution in [0.3, 0.4) is 0 Å². The van der Waals surface area contributed by atoms with E-state index in [0.717, 1.165) is 44.2 Å². The van der Waals surface area contributed by atoms with Crippen LogP contribution in [0, 0.1) is 11.8 Å². The van der Waals surface area contributed by atoms with E-state index in [2.05, 4.69) is 23.1 Å². The van der Waals surface area contributed by atoms with Gasteiger partial charge in [0.25, 0.3) is 0 Å². The third-order valence-electron chi connectivity index (χ3n) is 6.77. The van der Waals surface area contributed by atoms with Gasteiger partial charge in [0.1, 0.15) is 0 Å². The first kappa shape index (κ1) is 17.1. The molecule has 2 fully saturated rings. The Labute approximate surface area is 165 Å². The zero-order valence-corrected chi connectivity index (χ0v) is 16.3. The van der Waals surface area contributed by atoms with E-state index in [1.807, 2.05) is 12.1 Å². The number of halogens is 2. The second-order valence-electron chi connectivity index (χ2n) is 7.99. The molecule has 0 radical (unpaired) electrons. The van der Waals surface area contributed by atoms with Gasteiger partial charge < -0.3 is 9.64 Å². The lowest BCUT2D eigenvalue weighted by molar-refractivity contribution is 0.0673. The van der Waals surface area contributed by atoms with Gasteiger partial charge in [0.2, 0.25) is 0 Å². The standard InChI is InChI=1S/C21H24Cl2N2O/c22-16-5-6-17(18(23)13-16)20-14-1-3-15(4-2-14)21(20)8-7-19(24-21)25-9-11-26-12-10-25/h1,3,5-6,13-15,20H,2,4,7-12H2. The van der Waals surface area contributed by atoms with Crippen molar-refractivity contribution in [1.82, 2.24) is 4.90 Å². The molecule has 5 heteroatoms. The average Bonchev–Trinajstić information content (AvgIpc) is 3.10. The minimum Gasteiger partial charge on any atom is -0.378 e. The van der Waals surface area contributed by atoms with Crippen molar-refractivity contribution in [1.29, 1.82) is 0 Å². The predicted octanol–water partition coefficient (Wildman–Crippen LogP) is 4.94. The molecule has 1 aromatic rings. The van der Waals surface area contributed by atoms with E-state index < -0.39 is 0 Å². The molecule has 26 heavy (non-hydrogen) atoms. The first-order valence-corrected chi connectivity index (χ1v) is 10.5. The number of morpholine rings is 1. The molecule has 0 amide bonds. The van der Waals surface area contributed by atoms with Crippen molar-refractivity contribution in [3.05, 3.63) is 46.0 Å². The monoisotopic (exact) mass is 390 g/mol. The molecular formula is C21H24Cl2N2O. The molecule has 3 nitrogen and oxygen atoms in total. The van der Waals surface area contributed by atoms with E-state index in [9.17, 15) is 0 Å². The number of hydrogen-bond donors (Lipinski definition) is 0. The molecule has 1 saturated carbocycles. The van der Waals surface area contributed by atoms with Crippen LogP contribution in [0.5, 0.6) is 0 Å². The highest BCUT2D eigenvalue weighted by Crippen LogP contribution is 2.59. The Morgan fingerprint density at radius 1 is 1.12 bits per heavy atom. The Hall–Kier alpha value is -1.03. The van der Waals surface area contributed by atoms with Gasteiger partial charge >= 0.3 is 0 Å². The van der Waals surface area contributed by atoms with Gasteiger partial charge in [0, 0.05) is 41.4 Å². The van der Waals surface area contributed by atoms with E-state index in [1.165, 1.54) is 24.2 Å². The molecule has 2 bridgehead atoms. The summed E-state index contributed by atoms with van der Waals surface area (Å²) in [4.78, 5) is 7.89. The Bertz CT molecular complexity index is 771. The molecule has 5 aliphatic rings. The number of fused-ring (bicyclic) bond motifs is 1. The Kier molecular flexibility index (Phi) is 4.30. The molecule has 4 unspecified atom stereocenters. The van der Waals surface area contributed by atoms with Crippen molar-refractivity contribution in [2.24, 2.45) is 16.8 Å². The SMILES string of the molecule is Clc1ccc(C2C3C=CC(CC3)C23CCC(N2CCOCC2)=N3)c(Cl)c1.